The molecule has 27 heavy (non-hydrogen) atoms. The van der Waals surface area contributed by atoms with Crippen LogP contribution in [0.4, 0.5) is 0 Å². The molecule has 2 aromatic rings. The van der Waals surface area contributed by atoms with Crippen LogP contribution in [-0.2, 0) is 17.6 Å². The number of aryl methyl sites for hydroxylation is 1. The Kier molecular flexibility index (Phi) is 4.43. The lowest BCUT2D eigenvalue weighted by atomic mass is 9.98. The summed E-state index contributed by atoms with van der Waals surface area (Å²) in [6.07, 6.45) is 1.43. The molecule has 0 atom stereocenters. The summed E-state index contributed by atoms with van der Waals surface area (Å²) in [7, 11) is 1.53. The Morgan fingerprint density at radius 2 is 2.15 bits per heavy atom. The third kappa shape index (κ3) is 2.91. The number of hydrogen-bond acceptors (Lipinski definition) is 5. The van der Waals surface area contributed by atoms with Gasteiger partial charge in [-0.1, -0.05) is 0 Å². The number of methoxy groups -OCH3 is 1. The third-order valence-electron chi connectivity index (χ3n) is 5.28. The number of rotatable bonds is 2. The molecule has 1 N–H and O–H groups in total. The van der Waals surface area contributed by atoms with E-state index in [0.717, 1.165) is 23.4 Å². The average Bonchev–Trinajstić information content (AvgIpc) is 2.97. The highest BCUT2D eigenvalue weighted by Gasteiger charge is 2.38. The van der Waals surface area contributed by atoms with Crippen molar-refractivity contribution in [3.05, 3.63) is 33.8 Å². The maximum absolute atomic E-state index is 13.3. The highest BCUT2D eigenvalue weighted by Crippen LogP contribution is 2.38. The lowest BCUT2D eigenvalue weighted by Crippen LogP contribution is -2.55. The molecule has 3 heterocycles. The first-order chi connectivity index (χ1) is 12.8. The molecule has 0 aliphatic carbocycles. The van der Waals surface area contributed by atoms with Gasteiger partial charge in [0, 0.05) is 12.6 Å². The van der Waals surface area contributed by atoms with E-state index < -0.39 is 0 Å². The number of aromatic nitrogens is 2. The molecule has 2 aliphatic rings. The summed E-state index contributed by atoms with van der Waals surface area (Å²) in [4.78, 5) is 19.7. The third-order valence-corrected chi connectivity index (χ3v) is 5.81. The number of ether oxygens (including phenoxy) is 2. The molecule has 0 bridgehead atoms. The minimum Gasteiger partial charge on any atom is -0.504 e. The molecule has 1 amide bonds. The highest BCUT2D eigenvalue weighted by atomic mass is 79.9. The van der Waals surface area contributed by atoms with Gasteiger partial charge >= 0.3 is 0 Å². The number of phenolic OH excluding ortho intramolecular Hbond substituents is 1. The molecular weight excluding hydrogens is 414 g/mol. The molecule has 1 aromatic heterocycles. The number of nitrogens with zero attached hydrogens (tertiary/aromatic N) is 3. The smallest absolute Gasteiger partial charge is 0.275 e. The number of hydrogen-bond donors (Lipinski definition) is 1. The molecule has 144 valence electrons. The van der Waals surface area contributed by atoms with Gasteiger partial charge < -0.3 is 19.5 Å². The Labute approximate surface area is 166 Å². The second kappa shape index (κ2) is 6.53. The minimum atomic E-state index is -0.378. The van der Waals surface area contributed by atoms with Crippen LogP contribution in [-0.4, -0.2) is 57.9 Å². The van der Waals surface area contributed by atoms with Gasteiger partial charge in [0.25, 0.3) is 5.91 Å². The number of halogens is 1. The van der Waals surface area contributed by atoms with Gasteiger partial charge in [-0.05, 0) is 54.2 Å². The standard InChI is InChI=1S/C19H22BrN3O4/c1-19(2)10-27-7-6-22(19)17(25)16-12-5-4-11-8-15(26-3)14(24)9-13(11)23(12)18(20)21-16/h8-9,24H,4-7,10H2,1-3H3. The zero-order valence-electron chi connectivity index (χ0n) is 15.6. The number of phenols is 1. The molecule has 0 radical (unpaired) electrons. The van der Waals surface area contributed by atoms with E-state index in [1.165, 1.54) is 7.11 Å². The van der Waals surface area contributed by atoms with Crippen molar-refractivity contribution >= 4 is 21.8 Å². The summed E-state index contributed by atoms with van der Waals surface area (Å²) in [6.45, 7) is 5.59. The Morgan fingerprint density at radius 3 is 2.85 bits per heavy atom. The van der Waals surface area contributed by atoms with Gasteiger partial charge in [0.05, 0.1) is 37.2 Å². The molecule has 1 saturated heterocycles. The number of imidazole rings is 1. The van der Waals surface area contributed by atoms with Crippen LogP contribution in [0.1, 0.15) is 35.6 Å². The van der Waals surface area contributed by atoms with Gasteiger partial charge in [0.1, 0.15) is 0 Å². The van der Waals surface area contributed by atoms with E-state index in [0.29, 0.717) is 42.4 Å². The van der Waals surface area contributed by atoms with Gasteiger partial charge in [-0.3, -0.25) is 9.36 Å². The van der Waals surface area contributed by atoms with Gasteiger partial charge in [0.2, 0.25) is 0 Å². The number of fused-ring (bicyclic) bond motifs is 3. The summed E-state index contributed by atoms with van der Waals surface area (Å²) in [6, 6.07) is 3.50. The van der Waals surface area contributed by atoms with Crippen LogP contribution in [0, 0.1) is 0 Å². The van der Waals surface area contributed by atoms with Crippen LogP contribution in [0.5, 0.6) is 11.5 Å². The van der Waals surface area contributed by atoms with Crippen molar-refractivity contribution in [1.29, 1.82) is 0 Å². The number of carbonyl (C=O) groups is 1. The maximum atomic E-state index is 13.3. The Bertz CT molecular complexity index is 922. The van der Waals surface area contributed by atoms with Gasteiger partial charge in [-0.15, -0.1) is 0 Å². The van der Waals surface area contributed by atoms with E-state index >= 15 is 0 Å². The van der Waals surface area contributed by atoms with Gasteiger partial charge in [-0.25, -0.2) is 4.98 Å². The van der Waals surface area contributed by atoms with Crippen molar-refractivity contribution in [2.45, 2.75) is 32.2 Å². The fourth-order valence-corrected chi connectivity index (χ4v) is 4.44. The first-order valence-corrected chi connectivity index (χ1v) is 9.70. The van der Waals surface area contributed by atoms with E-state index in [-0.39, 0.29) is 17.2 Å². The maximum Gasteiger partial charge on any atom is 0.275 e. The van der Waals surface area contributed by atoms with Crippen LogP contribution >= 0.6 is 15.9 Å². The first-order valence-electron chi connectivity index (χ1n) is 8.90. The summed E-state index contributed by atoms with van der Waals surface area (Å²) in [5.74, 6) is 0.422. The zero-order chi connectivity index (χ0) is 19.3. The number of carbonyl (C=O) groups excluding carboxylic acids is 1. The van der Waals surface area contributed by atoms with Crippen LogP contribution in [0.15, 0.2) is 16.9 Å². The van der Waals surface area contributed by atoms with Crippen LogP contribution in [0.3, 0.4) is 0 Å². The molecule has 1 aromatic carbocycles. The van der Waals surface area contributed by atoms with Crippen molar-refractivity contribution in [3.8, 4) is 17.2 Å². The molecule has 4 rings (SSSR count). The number of benzene rings is 1. The average molecular weight is 436 g/mol. The molecule has 0 spiro atoms. The van der Waals surface area contributed by atoms with E-state index in [4.69, 9.17) is 9.47 Å². The molecule has 2 aliphatic heterocycles. The highest BCUT2D eigenvalue weighted by molar-refractivity contribution is 9.10. The second-order valence-electron chi connectivity index (χ2n) is 7.49. The molecule has 8 heteroatoms. The summed E-state index contributed by atoms with van der Waals surface area (Å²) in [5.41, 5.74) is 2.79. The molecular formula is C19H22BrN3O4. The summed E-state index contributed by atoms with van der Waals surface area (Å²) < 4.78 is 13.2. The number of amides is 1. The zero-order valence-corrected chi connectivity index (χ0v) is 17.2. The SMILES string of the molecule is COc1cc2c(cc1O)-n1c(Br)nc(C(=O)N3CCOCC3(C)C)c1CC2. The predicted molar refractivity (Wildman–Crippen MR) is 103 cm³/mol. The largest absolute Gasteiger partial charge is 0.504 e. The quantitative estimate of drug-likeness (QED) is 0.784. The van der Waals surface area contributed by atoms with E-state index in [1.54, 1.807) is 6.07 Å². The molecule has 1 fully saturated rings. The lowest BCUT2D eigenvalue weighted by molar-refractivity contribution is -0.0373. The van der Waals surface area contributed by atoms with Crippen molar-refractivity contribution < 1.29 is 19.4 Å². The normalized spacial score (nSPS) is 18.0. The van der Waals surface area contributed by atoms with E-state index in [9.17, 15) is 9.90 Å². The van der Waals surface area contributed by atoms with E-state index in [2.05, 4.69) is 20.9 Å². The second-order valence-corrected chi connectivity index (χ2v) is 8.20. The van der Waals surface area contributed by atoms with Crippen molar-refractivity contribution in [2.75, 3.05) is 26.9 Å². The van der Waals surface area contributed by atoms with E-state index in [1.807, 2.05) is 29.4 Å². The fraction of sp³-hybridized carbons (Fsp3) is 0.474. The van der Waals surface area contributed by atoms with Crippen LogP contribution in [0.25, 0.3) is 5.69 Å². The topological polar surface area (TPSA) is 76.8 Å². The molecule has 0 saturated carbocycles. The van der Waals surface area contributed by atoms with Gasteiger partial charge in [0.15, 0.2) is 21.9 Å². The fourth-order valence-electron chi connectivity index (χ4n) is 3.86. The van der Waals surface area contributed by atoms with Crippen molar-refractivity contribution in [3.63, 3.8) is 0 Å². The van der Waals surface area contributed by atoms with Crippen LogP contribution in [0.2, 0.25) is 0 Å². The Hall–Kier alpha value is -2.06. The lowest BCUT2D eigenvalue weighted by Gasteiger charge is -2.41. The Balaban J connectivity index is 1.79. The number of aromatic hydroxyl groups is 1. The Morgan fingerprint density at radius 1 is 1.37 bits per heavy atom. The van der Waals surface area contributed by atoms with Gasteiger partial charge in [-0.2, -0.15) is 0 Å². The van der Waals surface area contributed by atoms with Crippen molar-refractivity contribution in [2.24, 2.45) is 0 Å². The number of morpholine rings is 1. The van der Waals surface area contributed by atoms with Crippen LogP contribution < -0.4 is 4.74 Å². The minimum absolute atomic E-state index is 0.0619. The summed E-state index contributed by atoms with van der Waals surface area (Å²) in [5, 5.41) is 10.2. The predicted octanol–water partition coefficient (Wildman–Crippen LogP) is 2.70. The monoisotopic (exact) mass is 435 g/mol. The molecule has 7 nitrogen and oxygen atoms in total. The van der Waals surface area contributed by atoms with Crippen molar-refractivity contribution in [1.82, 2.24) is 14.5 Å². The first kappa shape index (κ1) is 18.3. The molecule has 0 unspecified atom stereocenters. The summed E-state index contributed by atoms with van der Waals surface area (Å²) >= 11 is 3.50.